The Morgan fingerprint density at radius 3 is 2.43 bits per heavy atom. The lowest BCUT2D eigenvalue weighted by Gasteiger charge is -2.03. The van der Waals surface area contributed by atoms with Gasteiger partial charge in [-0.25, -0.2) is 4.98 Å². The van der Waals surface area contributed by atoms with Gasteiger partial charge in [-0.3, -0.25) is 0 Å². The molecule has 0 saturated heterocycles. The molecule has 72 valence electrons. The van der Waals surface area contributed by atoms with Crippen LogP contribution in [0.15, 0.2) is 34.9 Å². The number of nitrogens with zero attached hydrogens (tertiary/aromatic N) is 2. The molecule has 1 aromatic heterocycles. The topological polar surface area (TPSA) is 43.8 Å². The third-order valence-corrected chi connectivity index (χ3v) is 2.69. The molecule has 0 aliphatic heterocycles. The van der Waals surface area contributed by atoms with Crippen LogP contribution in [-0.2, 0) is 7.05 Å². The zero-order valence-corrected chi connectivity index (χ0v) is 9.32. The van der Waals surface area contributed by atoms with E-state index in [1.807, 2.05) is 35.9 Å². The second-order valence-corrected chi connectivity index (χ2v) is 3.98. The molecule has 0 amide bonds. The first-order valence-electron chi connectivity index (χ1n) is 4.21. The molecular formula is C10H10BrN3. The van der Waals surface area contributed by atoms with E-state index in [9.17, 15) is 0 Å². The van der Waals surface area contributed by atoms with Crippen LogP contribution in [0.25, 0.3) is 11.3 Å². The first kappa shape index (κ1) is 9.27. The highest BCUT2D eigenvalue weighted by Gasteiger charge is 2.04. The minimum Gasteiger partial charge on any atom is -0.369 e. The van der Waals surface area contributed by atoms with Gasteiger partial charge in [-0.1, -0.05) is 28.1 Å². The molecule has 1 aromatic carbocycles. The summed E-state index contributed by atoms with van der Waals surface area (Å²) in [6.07, 6.45) is 1.78. The van der Waals surface area contributed by atoms with E-state index in [-0.39, 0.29) is 0 Å². The van der Waals surface area contributed by atoms with Gasteiger partial charge in [0.15, 0.2) is 5.95 Å². The van der Waals surface area contributed by atoms with Crippen molar-refractivity contribution in [1.82, 2.24) is 9.55 Å². The first-order chi connectivity index (χ1) is 6.68. The van der Waals surface area contributed by atoms with E-state index >= 15 is 0 Å². The Morgan fingerprint density at radius 1 is 1.29 bits per heavy atom. The maximum absolute atomic E-state index is 5.65. The molecule has 0 spiro atoms. The smallest absolute Gasteiger partial charge is 0.200 e. The van der Waals surface area contributed by atoms with E-state index in [1.54, 1.807) is 6.20 Å². The van der Waals surface area contributed by atoms with Crippen LogP contribution < -0.4 is 5.73 Å². The van der Waals surface area contributed by atoms with Crippen LogP contribution in [-0.4, -0.2) is 9.55 Å². The van der Waals surface area contributed by atoms with Crippen molar-refractivity contribution in [3.05, 3.63) is 34.9 Å². The van der Waals surface area contributed by atoms with Crippen molar-refractivity contribution < 1.29 is 0 Å². The largest absolute Gasteiger partial charge is 0.369 e. The molecular weight excluding hydrogens is 242 g/mol. The van der Waals surface area contributed by atoms with E-state index in [0.29, 0.717) is 5.95 Å². The Balaban J connectivity index is 2.49. The predicted octanol–water partition coefficient (Wildman–Crippen LogP) is 2.43. The fourth-order valence-corrected chi connectivity index (χ4v) is 1.58. The highest BCUT2D eigenvalue weighted by molar-refractivity contribution is 9.10. The normalized spacial score (nSPS) is 10.4. The van der Waals surface area contributed by atoms with Gasteiger partial charge in [0, 0.05) is 11.5 Å². The van der Waals surface area contributed by atoms with Crippen molar-refractivity contribution in [2.45, 2.75) is 0 Å². The zero-order chi connectivity index (χ0) is 10.1. The van der Waals surface area contributed by atoms with E-state index in [1.165, 1.54) is 0 Å². The van der Waals surface area contributed by atoms with Crippen LogP contribution in [0.5, 0.6) is 0 Å². The molecule has 0 unspecified atom stereocenters. The summed E-state index contributed by atoms with van der Waals surface area (Å²) >= 11 is 3.39. The van der Waals surface area contributed by atoms with Crippen LogP contribution in [0.3, 0.4) is 0 Å². The molecule has 4 heteroatoms. The Labute approximate surface area is 90.7 Å². The number of imidazole rings is 1. The number of nitrogens with two attached hydrogens (primary N) is 1. The molecule has 1 heterocycles. The lowest BCUT2D eigenvalue weighted by Crippen LogP contribution is -1.98. The molecule has 0 aliphatic carbocycles. The SMILES string of the molecule is Cn1c(-c2ccc(Br)cc2)cnc1N. The molecule has 14 heavy (non-hydrogen) atoms. The fourth-order valence-electron chi connectivity index (χ4n) is 1.31. The second kappa shape index (κ2) is 3.46. The summed E-state index contributed by atoms with van der Waals surface area (Å²) in [6.45, 7) is 0. The van der Waals surface area contributed by atoms with Gasteiger partial charge >= 0.3 is 0 Å². The molecule has 2 N–H and O–H groups in total. The van der Waals surface area contributed by atoms with Crippen molar-refractivity contribution in [1.29, 1.82) is 0 Å². The van der Waals surface area contributed by atoms with Crippen LogP contribution in [0.2, 0.25) is 0 Å². The molecule has 0 atom stereocenters. The van der Waals surface area contributed by atoms with Gasteiger partial charge in [0.05, 0.1) is 11.9 Å². The van der Waals surface area contributed by atoms with E-state index in [0.717, 1.165) is 15.7 Å². The summed E-state index contributed by atoms with van der Waals surface area (Å²) in [5.41, 5.74) is 7.78. The Kier molecular flexibility index (Phi) is 2.29. The summed E-state index contributed by atoms with van der Waals surface area (Å²) in [7, 11) is 1.90. The molecule has 0 bridgehead atoms. The molecule has 0 radical (unpaired) electrons. The minimum absolute atomic E-state index is 0.530. The lowest BCUT2D eigenvalue weighted by atomic mass is 10.2. The summed E-state index contributed by atoms with van der Waals surface area (Å²) in [4.78, 5) is 4.04. The minimum atomic E-state index is 0.530. The number of anilines is 1. The highest BCUT2D eigenvalue weighted by Crippen LogP contribution is 2.22. The Bertz CT molecular complexity index is 445. The third-order valence-electron chi connectivity index (χ3n) is 2.16. The first-order valence-corrected chi connectivity index (χ1v) is 5.01. The monoisotopic (exact) mass is 251 g/mol. The van der Waals surface area contributed by atoms with Crippen LogP contribution in [0.1, 0.15) is 0 Å². The Morgan fingerprint density at radius 2 is 1.93 bits per heavy atom. The van der Waals surface area contributed by atoms with Crippen molar-refractivity contribution in [3.8, 4) is 11.3 Å². The van der Waals surface area contributed by atoms with Crippen molar-refractivity contribution in [2.24, 2.45) is 7.05 Å². The molecule has 0 saturated carbocycles. The quantitative estimate of drug-likeness (QED) is 0.847. The molecule has 0 aliphatic rings. The number of halogens is 1. The Hall–Kier alpha value is -1.29. The average molecular weight is 252 g/mol. The van der Waals surface area contributed by atoms with Gasteiger partial charge < -0.3 is 10.3 Å². The summed E-state index contributed by atoms with van der Waals surface area (Å²) in [5, 5.41) is 0. The number of hydrogen-bond acceptors (Lipinski definition) is 2. The van der Waals surface area contributed by atoms with E-state index < -0.39 is 0 Å². The van der Waals surface area contributed by atoms with Gasteiger partial charge in [0.1, 0.15) is 0 Å². The van der Waals surface area contributed by atoms with Gasteiger partial charge in [-0.05, 0) is 17.7 Å². The average Bonchev–Trinajstić information content (AvgIpc) is 2.50. The van der Waals surface area contributed by atoms with E-state index in [4.69, 9.17) is 5.73 Å². The zero-order valence-electron chi connectivity index (χ0n) is 7.74. The summed E-state index contributed by atoms with van der Waals surface area (Å²) in [6, 6.07) is 8.05. The summed E-state index contributed by atoms with van der Waals surface area (Å²) < 4.78 is 2.93. The van der Waals surface area contributed by atoms with Gasteiger partial charge in [0.25, 0.3) is 0 Å². The molecule has 2 rings (SSSR count). The standard InChI is InChI=1S/C10H10BrN3/c1-14-9(6-13-10(14)12)7-2-4-8(11)5-3-7/h2-6H,1H3,(H2,12,13). The van der Waals surface area contributed by atoms with Crippen LogP contribution >= 0.6 is 15.9 Å². The maximum atomic E-state index is 5.65. The van der Waals surface area contributed by atoms with Gasteiger partial charge in [-0.2, -0.15) is 0 Å². The van der Waals surface area contributed by atoms with Crippen LogP contribution in [0, 0.1) is 0 Å². The molecule has 3 nitrogen and oxygen atoms in total. The maximum Gasteiger partial charge on any atom is 0.200 e. The highest BCUT2D eigenvalue weighted by atomic mass is 79.9. The fraction of sp³-hybridized carbons (Fsp3) is 0.100. The number of benzene rings is 1. The van der Waals surface area contributed by atoms with Crippen molar-refractivity contribution in [2.75, 3.05) is 5.73 Å². The predicted molar refractivity (Wildman–Crippen MR) is 60.8 cm³/mol. The van der Waals surface area contributed by atoms with Gasteiger partial charge in [0.2, 0.25) is 0 Å². The van der Waals surface area contributed by atoms with Crippen LogP contribution in [0.4, 0.5) is 5.95 Å². The molecule has 2 aromatic rings. The number of aromatic nitrogens is 2. The third kappa shape index (κ3) is 1.53. The second-order valence-electron chi connectivity index (χ2n) is 3.07. The van der Waals surface area contributed by atoms with Gasteiger partial charge in [-0.15, -0.1) is 0 Å². The number of rotatable bonds is 1. The number of nitrogen functional groups attached to an aromatic ring is 1. The van der Waals surface area contributed by atoms with Crippen molar-refractivity contribution in [3.63, 3.8) is 0 Å². The van der Waals surface area contributed by atoms with E-state index in [2.05, 4.69) is 20.9 Å². The van der Waals surface area contributed by atoms with Crippen molar-refractivity contribution >= 4 is 21.9 Å². The number of hydrogen-bond donors (Lipinski definition) is 1. The summed E-state index contributed by atoms with van der Waals surface area (Å²) in [5.74, 6) is 0.530. The lowest BCUT2D eigenvalue weighted by molar-refractivity contribution is 0.938. The molecule has 0 fully saturated rings.